The predicted octanol–water partition coefficient (Wildman–Crippen LogP) is 3.91. The number of rotatable bonds is 2. The summed E-state index contributed by atoms with van der Waals surface area (Å²) in [6, 6.07) is 15.3. The van der Waals surface area contributed by atoms with Crippen LogP contribution in [0.4, 0.5) is 4.79 Å². The third-order valence-electron chi connectivity index (χ3n) is 3.40. The van der Waals surface area contributed by atoms with Crippen LogP contribution < -0.4 is 15.6 Å². The highest BCUT2D eigenvalue weighted by atomic mass is 16.6. The van der Waals surface area contributed by atoms with Gasteiger partial charge in [-0.15, -0.1) is 0 Å². The van der Waals surface area contributed by atoms with E-state index in [0.717, 1.165) is 22.6 Å². The number of para-hydroxylation sites is 2. The molecule has 1 aliphatic heterocycles. The van der Waals surface area contributed by atoms with Gasteiger partial charge >= 0.3 is 6.09 Å². The van der Waals surface area contributed by atoms with Gasteiger partial charge in [-0.25, -0.2) is 10.2 Å². The molecule has 120 valence electrons. The Labute approximate surface area is 135 Å². The van der Waals surface area contributed by atoms with Crippen LogP contribution in [0.2, 0.25) is 0 Å². The maximum Gasteiger partial charge on any atom is 0.422 e. The topological polar surface area (TPSA) is 59.6 Å². The van der Waals surface area contributed by atoms with Crippen molar-refractivity contribution in [1.82, 2.24) is 10.9 Å². The van der Waals surface area contributed by atoms with E-state index in [0.29, 0.717) is 0 Å². The number of benzene rings is 2. The largest absolute Gasteiger partial charge is 0.457 e. The Bertz CT molecular complexity index is 677. The molecule has 0 saturated heterocycles. The van der Waals surface area contributed by atoms with Crippen LogP contribution in [0.15, 0.2) is 48.5 Å². The van der Waals surface area contributed by atoms with E-state index in [4.69, 9.17) is 9.47 Å². The lowest BCUT2D eigenvalue weighted by atomic mass is 9.95. The maximum absolute atomic E-state index is 11.9. The van der Waals surface area contributed by atoms with Gasteiger partial charge in [-0.2, -0.15) is 0 Å². The highest BCUT2D eigenvalue weighted by Crippen LogP contribution is 2.42. The second-order valence-corrected chi connectivity index (χ2v) is 6.38. The van der Waals surface area contributed by atoms with Gasteiger partial charge in [0.25, 0.3) is 0 Å². The van der Waals surface area contributed by atoms with Crippen molar-refractivity contribution in [3.63, 3.8) is 0 Å². The minimum Gasteiger partial charge on any atom is -0.457 e. The molecule has 23 heavy (non-hydrogen) atoms. The monoisotopic (exact) mass is 312 g/mol. The first kappa shape index (κ1) is 15.4. The number of carbonyl (C=O) groups is 1. The van der Waals surface area contributed by atoms with Gasteiger partial charge in [0, 0.05) is 11.1 Å². The second kappa shape index (κ2) is 5.93. The fraction of sp³-hybridized carbons (Fsp3) is 0.278. The van der Waals surface area contributed by atoms with Crippen molar-refractivity contribution in [2.75, 3.05) is 0 Å². The van der Waals surface area contributed by atoms with Gasteiger partial charge in [0.1, 0.15) is 17.1 Å². The first-order chi connectivity index (χ1) is 10.9. The van der Waals surface area contributed by atoms with Crippen LogP contribution in [-0.4, -0.2) is 11.7 Å². The van der Waals surface area contributed by atoms with E-state index in [9.17, 15) is 4.79 Å². The summed E-state index contributed by atoms with van der Waals surface area (Å²) in [4.78, 5) is 11.9. The summed E-state index contributed by atoms with van der Waals surface area (Å²) >= 11 is 0. The van der Waals surface area contributed by atoms with Crippen molar-refractivity contribution >= 4 is 6.09 Å². The Morgan fingerprint density at radius 1 is 1.00 bits per heavy atom. The molecule has 2 aromatic rings. The molecule has 0 bridgehead atoms. The zero-order valence-corrected chi connectivity index (χ0v) is 13.4. The molecule has 0 fully saturated rings. The summed E-state index contributed by atoms with van der Waals surface area (Å²) in [7, 11) is 0. The van der Waals surface area contributed by atoms with Crippen molar-refractivity contribution < 1.29 is 14.3 Å². The van der Waals surface area contributed by atoms with Crippen molar-refractivity contribution in [1.29, 1.82) is 0 Å². The molecular weight excluding hydrogens is 292 g/mol. The maximum atomic E-state index is 11.9. The summed E-state index contributed by atoms with van der Waals surface area (Å²) in [5.41, 5.74) is 7.05. The van der Waals surface area contributed by atoms with Crippen molar-refractivity contribution in [3.05, 3.63) is 59.7 Å². The number of carbonyl (C=O) groups excluding carboxylic acids is 1. The molecule has 0 spiro atoms. The molecule has 2 aromatic carbocycles. The van der Waals surface area contributed by atoms with E-state index in [-0.39, 0.29) is 6.04 Å². The van der Waals surface area contributed by atoms with Crippen molar-refractivity contribution in [3.8, 4) is 11.5 Å². The fourth-order valence-corrected chi connectivity index (χ4v) is 2.50. The summed E-state index contributed by atoms with van der Waals surface area (Å²) in [5, 5.41) is 0. The summed E-state index contributed by atoms with van der Waals surface area (Å²) in [6.07, 6.45) is -0.515. The lowest BCUT2D eigenvalue weighted by molar-refractivity contribution is 0.0490. The fourth-order valence-electron chi connectivity index (χ4n) is 2.50. The second-order valence-electron chi connectivity index (χ2n) is 6.38. The number of hydrogen-bond donors (Lipinski definition) is 2. The Morgan fingerprint density at radius 3 is 2.04 bits per heavy atom. The molecule has 2 N–H and O–H groups in total. The highest BCUT2D eigenvalue weighted by molar-refractivity contribution is 5.67. The Kier molecular flexibility index (Phi) is 3.96. The molecule has 5 heteroatoms. The quantitative estimate of drug-likeness (QED) is 0.825. The molecule has 0 radical (unpaired) electrons. The molecule has 1 heterocycles. The van der Waals surface area contributed by atoms with Gasteiger partial charge < -0.3 is 9.47 Å². The molecule has 1 aliphatic rings. The molecule has 3 rings (SSSR count). The highest BCUT2D eigenvalue weighted by Gasteiger charge is 2.27. The van der Waals surface area contributed by atoms with E-state index < -0.39 is 11.7 Å². The molecular formula is C18H20N2O3. The number of amides is 1. The average Bonchev–Trinajstić information content (AvgIpc) is 2.49. The molecule has 0 unspecified atom stereocenters. The van der Waals surface area contributed by atoms with E-state index in [1.165, 1.54) is 0 Å². The third-order valence-corrected chi connectivity index (χ3v) is 3.40. The first-order valence-electron chi connectivity index (χ1n) is 7.54. The van der Waals surface area contributed by atoms with E-state index >= 15 is 0 Å². The van der Waals surface area contributed by atoms with Gasteiger partial charge in [0.2, 0.25) is 0 Å². The minimum atomic E-state index is -0.544. The number of fused-ring (bicyclic) bond motifs is 2. The predicted molar refractivity (Wildman–Crippen MR) is 87.3 cm³/mol. The third kappa shape index (κ3) is 3.46. The van der Waals surface area contributed by atoms with Crippen molar-refractivity contribution in [2.45, 2.75) is 32.4 Å². The van der Waals surface area contributed by atoms with Crippen LogP contribution in [0.3, 0.4) is 0 Å². The average molecular weight is 312 g/mol. The van der Waals surface area contributed by atoms with Crippen LogP contribution in [0.25, 0.3) is 0 Å². The van der Waals surface area contributed by atoms with E-state index in [2.05, 4.69) is 10.9 Å². The van der Waals surface area contributed by atoms with Crippen LogP contribution in [0, 0.1) is 0 Å². The summed E-state index contributed by atoms with van der Waals surface area (Å²) in [5.74, 6) is 1.55. The number of nitrogens with one attached hydrogen (secondary N) is 2. The lowest BCUT2D eigenvalue weighted by Crippen LogP contribution is -2.43. The van der Waals surface area contributed by atoms with Crippen molar-refractivity contribution in [2.24, 2.45) is 0 Å². The van der Waals surface area contributed by atoms with Crippen LogP contribution in [0.5, 0.6) is 11.5 Å². The zero-order valence-electron chi connectivity index (χ0n) is 13.4. The van der Waals surface area contributed by atoms with E-state index in [1.54, 1.807) is 0 Å². The Hall–Kier alpha value is -2.53. The van der Waals surface area contributed by atoms with Gasteiger partial charge in [0.05, 0.1) is 6.04 Å². The lowest BCUT2D eigenvalue weighted by Gasteiger charge is -2.29. The van der Waals surface area contributed by atoms with Crippen LogP contribution in [0.1, 0.15) is 37.9 Å². The standard InChI is InChI=1S/C18H20N2O3/c1-18(2,3)23-17(21)20-19-16-12-8-4-6-10-14(12)22-15-11-7-5-9-13(15)16/h4-11,16,19H,1-3H3,(H,20,21). The van der Waals surface area contributed by atoms with Crippen LogP contribution in [-0.2, 0) is 4.74 Å². The zero-order chi connectivity index (χ0) is 16.4. The van der Waals surface area contributed by atoms with Gasteiger partial charge in [-0.05, 0) is 32.9 Å². The normalized spacial score (nSPS) is 13.5. The number of hydrogen-bond acceptors (Lipinski definition) is 4. The summed E-state index contributed by atoms with van der Waals surface area (Å²) < 4.78 is 11.2. The Morgan fingerprint density at radius 2 is 1.52 bits per heavy atom. The molecule has 0 aromatic heterocycles. The number of hydrazine groups is 1. The first-order valence-corrected chi connectivity index (χ1v) is 7.54. The molecule has 0 saturated carbocycles. The summed E-state index contributed by atoms with van der Waals surface area (Å²) in [6.45, 7) is 5.48. The van der Waals surface area contributed by atoms with Gasteiger partial charge in [0.15, 0.2) is 0 Å². The smallest absolute Gasteiger partial charge is 0.422 e. The molecule has 0 atom stereocenters. The number of ether oxygens (including phenoxy) is 2. The Balaban J connectivity index is 1.83. The van der Waals surface area contributed by atoms with E-state index in [1.807, 2.05) is 69.3 Å². The van der Waals surface area contributed by atoms with Gasteiger partial charge in [-0.1, -0.05) is 36.4 Å². The molecule has 0 aliphatic carbocycles. The van der Waals surface area contributed by atoms with Gasteiger partial charge in [-0.3, -0.25) is 5.43 Å². The SMILES string of the molecule is CC(C)(C)OC(=O)NNC1c2ccccc2Oc2ccccc21. The van der Waals surface area contributed by atoms with Crippen LogP contribution >= 0.6 is 0 Å². The molecule has 5 nitrogen and oxygen atoms in total. The minimum absolute atomic E-state index is 0.205. The molecule has 1 amide bonds.